The summed E-state index contributed by atoms with van der Waals surface area (Å²) in [6, 6.07) is 17.1. The lowest BCUT2D eigenvalue weighted by atomic mass is 9.90. The van der Waals surface area contributed by atoms with Crippen molar-refractivity contribution in [3.8, 4) is 5.69 Å². The Morgan fingerprint density at radius 3 is 2.55 bits per heavy atom. The minimum Gasteiger partial charge on any atom is -0.337 e. The van der Waals surface area contributed by atoms with Gasteiger partial charge in [0.1, 0.15) is 5.82 Å². The minimum atomic E-state index is -0.201. The topological polar surface area (TPSA) is 50.2 Å². The van der Waals surface area contributed by atoms with E-state index in [2.05, 4.69) is 17.4 Å². The van der Waals surface area contributed by atoms with E-state index in [1.54, 1.807) is 0 Å². The van der Waals surface area contributed by atoms with Crippen LogP contribution in [0, 0.1) is 5.82 Å². The average Bonchev–Trinajstić information content (AvgIpc) is 3.25. The number of hydrogen-bond donors (Lipinski definition) is 1. The van der Waals surface area contributed by atoms with Gasteiger partial charge in [0, 0.05) is 30.4 Å². The lowest BCUT2D eigenvalue weighted by molar-refractivity contribution is 0.0716. The van der Waals surface area contributed by atoms with E-state index in [4.69, 9.17) is 5.10 Å². The molecular weight excluding hydrogens is 415 g/mol. The molecule has 3 aromatic rings. The van der Waals surface area contributed by atoms with E-state index in [9.17, 15) is 9.18 Å². The number of nitrogens with zero attached hydrogens (tertiary/aromatic N) is 3. The highest BCUT2D eigenvalue weighted by Crippen LogP contribution is 2.29. The van der Waals surface area contributed by atoms with Gasteiger partial charge in [-0.3, -0.25) is 4.79 Å². The number of benzene rings is 2. The number of fused-ring (bicyclic) bond motifs is 1. The number of rotatable bonds is 6. The molecule has 1 aliphatic heterocycles. The van der Waals surface area contributed by atoms with Crippen LogP contribution in [0.15, 0.2) is 54.6 Å². The summed E-state index contributed by atoms with van der Waals surface area (Å²) >= 11 is 0. The number of para-hydroxylation sites is 1. The van der Waals surface area contributed by atoms with E-state index >= 15 is 0 Å². The number of nitrogens with one attached hydrogen (secondary N) is 1. The first-order chi connectivity index (χ1) is 16.2. The van der Waals surface area contributed by atoms with Crippen LogP contribution in [0.1, 0.15) is 53.0 Å². The highest BCUT2D eigenvalue weighted by Gasteiger charge is 2.31. The third-order valence-corrected chi connectivity index (χ3v) is 6.88. The predicted octanol–water partition coefficient (Wildman–Crippen LogP) is 4.33. The molecule has 1 unspecified atom stereocenters. The molecule has 0 saturated carbocycles. The number of halogens is 1. The quantitative estimate of drug-likeness (QED) is 0.613. The van der Waals surface area contributed by atoms with Crippen LogP contribution in [-0.4, -0.2) is 46.3 Å². The Morgan fingerprint density at radius 1 is 1.03 bits per heavy atom. The van der Waals surface area contributed by atoms with Gasteiger partial charge in [-0.05, 0) is 81.3 Å². The molecule has 1 saturated heterocycles. The van der Waals surface area contributed by atoms with Gasteiger partial charge in [-0.1, -0.05) is 30.3 Å². The molecule has 5 nitrogen and oxygen atoms in total. The maximum atomic E-state index is 13.4. The van der Waals surface area contributed by atoms with Gasteiger partial charge in [0.25, 0.3) is 5.91 Å². The highest BCUT2D eigenvalue weighted by molar-refractivity contribution is 5.94. The van der Waals surface area contributed by atoms with E-state index in [0.29, 0.717) is 11.7 Å². The molecule has 1 aromatic heterocycles. The van der Waals surface area contributed by atoms with Crippen molar-refractivity contribution in [3.05, 3.63) is 82.9 Å². The molecule has 2 aromatic carbocycles. The third kappa shape index (κ3) is 4.86. The van der Waals surface area contributed by atoms with Crippen LogP contribution in [0.3, 0.4) is 0 Å². The second kappa shape index (κ2) is 9.87. The average molecular weight is 447 g/mol. The number of aromatic nitrogens is 2. The van der Waals surface area contributed by atoms with E-state index < -0.39 is 0 Å². The number of piperidine rings is 1. The summed E-state index contributed by atoms with van der Waals surface area (Å²) in [5, 5.41) is 8.53. The van der Waals surface area contributed by atoms with E-state index in [1.807, 2.05) is 39.9 Å². The number of hydrogen-bond acceptors (Lipinski definition) is 3. The molecule has 2 aliphatic rings. The smallest absolute Gasteiger partial charge is 0.274 e. The van der Waals surface area contributed by atoms with Gasteiger partial charge >= 0.3 is 0 Å². The predicted molar refractivity (Wildman–Crippen MR) is 127 cm³/mol. The van der Waals surface area contributed by atoms with Gasteiger partial charge in [0.2, 0.25) is 0 Å². The summed E-state index contributed by atoms with van der Waals surface area (Å²) in [6.45, 7) is 2.48. The summed E-state index contributed by atoms with van der Waals surface area (Å²) in [5.74, 6) is -0.125. The Morgan fingerprint density at radius 2 is 1.79 bits per heavy atom. The van der Waals surface area contributed by atoms with Gasteiger partial charge in [0.15, 0.2) is 5.69 Å². The molecule has 5 rings (SSSR count). The van der Waals surface area contributed by atoms with Crippen LogP contribution in [0.4, 0.5) is 4.39 Å². The zero-order chi connectivity index (χ0) is 22.6. The largest absolute Gasteiger partial charge is 0.337 e. The molecule has 172 valence electrons. The van der Waals surface area contributed by atoms with Crippen LogP contribution < -0.4 is 5.32 Å². The number of carbonyl (C=O) groups is 1. The SMILES string of the molecule is O=C(c1nn(-c2ccccc2)c2c1CC(NCCc1ccc(F)cc1)CC2)N1CCCCC1. The standard InChI is InChI=1S/C27H31FN4O/c28-21-11-9-20(10-12-21)15-16-29-22-13-14-25-24(19-22)26(27(33)31-17-5-2-6-18-31)30-32(25)23-7-3-1-4-8-23/h1,3-4,7-12,22,29H,2,5-6,13-19H2. The van der Waals surface area contributed by atoms with Crippen molar-refractivity contribution in [2.45, 2.75) is 51.0 Å². The van der Waals surface area contributed by atoms with Gasteiger partial charge in [-0.2, -0.15) is 5.10 Å². The Hall–Kier alpha value is -2.99. The van der Waals surface area contributed by atoms with Crippen LogP contribution >= 0.6 is 0 Å². The van der Waals surface area contributed by atoms with Crippen molar-refractivity contribution in [2.24, 2.45) is 0 Å². The van der Waals surface area contributed by atoms with E-state index in [0.717, 1.165) is 80.7 Å². The highest BCUT2D eigenvalue weighted by atomic mass is 19.1. The lowest BCUT2D eigenvalue weighted by Crippen LogP contribution is -2.38. The van der Waals surface area contributed by atoms with Crippen molar-refractivity contribution >= 4 is 5.91 Å². The van der Waals surface area contributed by atoms with Crippen molar-refractivity contribution in [1.82, 2.24) is 20.0 Å². The summed E-state index contributed by atoms with van der Waals surface area (Å²) in [6.07, 6.45) is 6.89. The molecule has 2 heterocycles. The maximum absolute atomic E-state index is 13.4. The zero-order valence-corrected chi connectivity index (χ0v) is 19.0. The molecule has 0 spiro atoms. The fourth-order valence-corrected chi connectivity index (χ4v) is 5.06. The molecule has 1 amide bonds. The first kappa shape index (κ1) is 21.8. The van der Waals surface area contributed by atoms with Gasteiger partial charge in [-0.15, -0.1) is 0 Å². The van der Waals surface area contributed by atoms with Crippen LogP contribution in [0.2, 0.25) is 0 Å². The van der Waals surface area contributed by atoms with Crippen LogP contribution in [0.5, 0.6) is 0 Å². The van der Waals surface area contributed by atoms with Gasteiger partial charge in [-0.25, -0.2) is 9.07 Å². The Balaban J connectivity index is 1.35. The number of amides is 1. The Bertz CT molecular complexity index is 1090. The third-order valence-electron chi connectivity index (χ3n) is 6.88. The van der Waals surface area contributed by atoms with Crippen molar-refractivity contribution in [3.63, 3.8) is 0 Å². The molecule has 1 aliphatic carbocycles. The normalized spacial score (nSPS) is 18.2. The maximum Gasteiger partial charge on any atom is 0.274 e. The minimum absolute atomic E-state index is 0.0765. The molecule has 1 atom stereocenters. The second-order valence-electron chi connectivity index (χ2n) is 9.14. The van der Waals surface area contributed by atoms with Crippen molar-refractivity contribution in [2.75, 3.05) is 19.6 Å². The molecule has 0 radical (unpaired) electrons. The number of likely N-dealkylation sites (tertiary alicyclic amines) is 1. The number of carbonyl (C=O) groups excluding carboxylic acids is 1. The van der Waals surface area contributed by atoms with Crippen LogP contribution in [0.25, 0.3) is 5.69 Å². The summed E-state index contributed by atoms with van der Waals surface area (Å²) < 4.78 is 15.1. The van der Waals surface area contributed by atoms with E-state index in [-0.39, 0.29) is 11.7 Å². The molecule has 1 N–H and O–H groups in total. The molecule has 0 bridgehead atoms. The van der Waals surface area contributed by atoms with Gasteiger partial charge in [0.05, 0.1) is 5.69 Å². The zero-order valence-electron chi connectivity index (χ0n) is 19.0. The summed E-state index contributed by atoms with van der Waals surface area (Å²) in [5.41, 5.74) is 5.02. The fourth-order valence-electron chi connectivity index (χ4n) is 5.06. The van der Waals surface area contributed by atoms with Crippen molar-refractivity contribution in [1.29, 1.82) is 0 Å². The first-order valence-corrected chi connectivity index (χ1v) is 12.1. The van der Waals surface area contributed by atoms with Crippen LogP contribution in [-0.2, 0) is 19.3 Å². The Labute approximate surface area is 194 Å². The lowest BCUT2D eigenvalue weighted by Gasteiger charge is -2.27. The molecule has 1 fully saturated rings. The first-order valence-electron chi connectivity index (χ1n) is 12.1. The Kier molecular flexibility index (Phi) is 6.53. The molecule has 33 heavy (non-hydrogen) atoms. The summed E-state index contributed by atoms with van der Waals surface area (Å²) in [4.78, 5) is 15.4. The monoisotopic (exact) mass is 446 g/mol. The molecule has 6 heteroatoms. The van der Waals surface area contributed by atoms with Crippen molar-refractivity contribution < 1.29 is 9.18 Å². The summed E-state index contributed by atoms with van der Waals surface area (Å²) in [7, 11) is 0. The molecular formula is C27H31FN4O. The van der Waals surface area contributed by atoms with E-state index in [1.165, 1.54) is 18.6 Å². The van der Waals surface area contributed by atoms with Gasteiger partial charge < -0.3 is 10.2 Å². The fraction of sp³-hybridized carbons (Fsp3) is 0.407. The second-order valence-corrected chi connectivity index (χ2v) is 9.14.